The van der Waals surface area contributed by atoms with Crippen LogP contribution < -0.4 is 0 Å². The average molecular weight is 218 g/mol. The summed E-state index contributed by atoms with van der Waals surface area (Å²) >= 11 is 0. The summed E-state index contributed by atoms with van der Waals surface area (Å²) < 4.78 is 22.3. The molecular formula is C9H14O6. The molecule has 0 radical (unpaired) electrons. The van der Waals surface area contributed by atoms with Crippen LogP contribution in [0.2, 0.25) is 0 Å². The molecule has 0 aliphatic carbocycles. The summed E-state index contributed by atoms with van der Waals surface area (Å²) in [5.41, 5.74) is 0. The minimum absolute atomic E-state index is 0.214. The summed E-state index contributed by atoms with van der Waals surface area (Å²) in [6.07, 6.45) is -1.62. The minimum atomic E-state index is -0.637. The van der Waals surface area contributed by atoms with Crippen LogP contribution in [0.25, 0.3) is 0 Å². The zero-order valence-electron chi connectivity index (χ0n) is 8.58. The van der Waals surface area contributed by atoms with E-state index in [9.17, 15) is 0 Å². The van der Waals surface area contributed by atoms with E-state index in [1.165, 1.54) is 0 Å². The Morgan fingerprint density at radius 2 is 2.00 bits per heavy atom. The average Bonchev–Trinajstić information content (AvgIpc) is 2.73. The van der Waals surface area contributed by atoms with Crippen molar-refractivity contribution in [2.45, 2.75) is 50.3 Å². The third-order valence-corrected chi connectivity index (χ3v) is 2.98. The first-order chi connectivity index (χ1) is 7.11. The van der Waals surface area contributed by atoms with Crippen LogP contribution >= 0.6 is 0 Å². The van der Waals surface area contributed by atoms with Gasteiger partial charge in [-0.2, -0.15) is 0 Å². The molecule has 15 heavy (non-hydrogen) atoms. The van der Waals surface area contributed by atoms with Crippen molar-refractivity contribution in [3.05, 3.63) is 0 Å². The highest BCUT2D eigenvalue weighted by Crippen LogP contribution is 2.42. The highest BCUT2D eigenvalue weighted by Gasteiger charge is 2.60. The number of hydrogen-bond donors (Lipinski definition) is 1. The smallest absolute Gasteiger partial charge is 0.190 e. The van der Waals surface area contributed by atoms with Crippen molar-refractivity contribution in [3.63, 3.8) is 0 Å². The summed E-state index contributed by atoms with van der Waals surface area (Å²) in [5, 5.41) is 8.64. The molecule has 6 nitrogen and oxygen atoms in total. The highest BCUT2D eigenvalue weighted by atomic mass is 17.1. The van der Waals surface area contributed by atoms with Gasteiger partial charge >= 0.3 is 0 Å². The standard InChI is InChI=1S/C9H14O6/c1-9(2)13-7-6-5(12-8(7)14-9)4(15-10)3-11-6/h4-8,10H,3H2,1-2H3/t4-,5-,6+,7-,8?/m1/s1. The molecule has 1 N–H and O–H groups in total. The van der Waals surface area contributed by atoms with Gasteiger partial charge in [0.25, 0.3) is 0 Å². The van der Waals surface area contributed by atoms with Crippen LogP contribution in [-0.4, -0.2) is 48.4 Å². The van der Waals surface area contributed by atoms with Gasteiger partial charge in [0, 0.05) is 0 Å². The predicted octanol–water partition coefficient (Wildman–Crippen LogP) is 0.120. The van der Waals surface area contributed by atoms with E-state index in [4.69, 9.17) is 24.2 Å². The van der Waals surface area contributed by atoms with Gasteiger partial charge < -0.3 is 18.9 Å². The Kier molecular flexibility index (Phi) is 2.08. The minimum Gasteiger partial charge on any atom is -0.370 e. The van der Waals surface area contributed by atoms with Crippen LogP contribution in [0.4, 0.5) is 0 Å². The normalized spacial score (nSPS) is 51.8. The second kappa shape index (κ2) is 3.13. The first-order valence-corrected chi connectivity index (χ1v) is 5.04. The molecule has 1 unspecified atom stereocenters. The van der Waals surface area contributed by atoms with Gasteiger partial charge in [-0.3, -0.25) is 5.26 Å². The van der Waals surface area contributed by atoms with Gasteiger partial charge in [-0.15, -0.1) is 0 Å². The first-order valence-electron chi connectivity index (χ1n) is 5.04. The Morgan fingerprint density at radius 1 is 1.20 bits per heavy atom. The fourth-order valence-electron chi connectivity index (χ4n) is 2.38. The second-order valence-corrected chi connectivity index (χ2v) is 4.51. The molecule has 3 heterocycles. The molecule has 3 saturated heterocycles. The number of rotatable bonds is 1. The highest BCUT2D eigenvalue weighted by molar-refractivity contribution is 5.00. The van der Waals surface area contributed by atoms with Crippen molar-refractivity contribution in [3.8, 4) is 0 Å². The van der Waals surface area contributed by atoms with Crippen molar-refractivity contribution in [1.82, 2.24) is 0 Å². The maximum atomic E-state index is 8.64. The quantitative estimate of drug-likeness (QED) is 0.498. The summed E-state index contributed by atoms with van der Waals surface area (Å²) in [6.45, 7) is 3.98. The molecule has 0 bridgehead atoms. The van der Waals surface area contributed by atoms with E-state index in [0.717, 1.165) is 0 Å². The van der Waals surface area contributed by atoms with Gasteiger partial charge in [-0.05, 0) is 13.8 Å². The largest absolute Gasteiger partial charge is 0.370 e. The van der Waals surface area contributed by atoms with Crippen LogP contribution in [-0.2, 0) is 23.8 Å². The maximum absolute atomic E-state index is 8.64. The van der Waals surface area contributed by atoms with Crippen molar-refractivity contribution >= 4 is 0 Å². The Morgan fingerprint density at radius 3 is 2.73 bits per heavy atom. The Labute approximate surface area is 86.9 Å². The molecule has 3 fully saturated rings. The molecule has 0 aromatic carbocycles. The summed E-state index contributed by atoms with van der Waals surface area (Å²) in [4.78, 5) is 4.28. The third-order valence-electron chi connectivity index (χ3n) is 2.98. The Bertz CT molecular complexity index is 267. The molecule has 5 atom stereocenters. The van der Waals surface area contributed by atoms with Crippen molar-refractivity contribution < 1.29 is 29.1 Å². The van der Waals surface area contributed by atoms with E-state index in [1.807, 2.05) is 13.8 Å². The van der Waals surface area contributed by atoms with E-state index in [0.29, 0.717) is 6.61 Å². The number of ether oxygens (including phenoxy) is 4. The molecular weight excluding hydrogens is 204 g/mol. The molecule has 3 aliphatic rings. The van der Waals surface area contributed by atoms with Crippen LogP contribution in [0.3, 0.4) is 0 Å². The zero-order chi connectivity index (χ0) is 10.6. The van der Waals surface area contributed by atoms with Crippen molar-refractivity contribution in [2.24, 2.45) is 0 Å². The van der Waals surface area contributed by atoms with Gasteiger partial charge in [0.05, 0.1) is 6.61 Å². The van der Waals surface area contributed by atoms with Crippen LogP contribution in [0.5, 0.6) is 0 Å². The van der Waals surface area contributed by atoms with E-state index in [2.05, 4.69) is 4.89 Å². The molecule has 0 saturated carbocycles. The van der Waals surface area contributed by atoms with Gasteiger partial charge in [0.1, 0.15) is 24.4 Å². The fourth-order valence-corrected chi connectivity index (χ4v) is 2.38. The van der Waals surface area contributed by atoms with Gasteiger partial charge in [-0.25, -0.2) is 4.89 Å². The summed E-state index contributed by atoms with van der Waals surface area (Å²) in [5.74, 6) is -0.637. The topological polar surface area (TPSA) is 66.4 Å². The van der Waals surface area contributed by atoms with Crippen LogP contribution in [0.1, 0.15) is 13.8 Å². The van der Waals surface area contributed by atoms with Crippen molar-refractivity contribution in [2.75, 3.05) is 6.61 Å². The van der Waals surface area contributed by atoms with E-state index in [-0.39, 0.29) is 18.3 Å². The first kappa shape index (κ1) is 9.95. The lowest BCUT2D eigenvalue weighted by Crippen LogP contribution is -2.35. The number of hydrogen-bond acceptors (Lipinski definition) is 6. The molecule has 86 valence electrons. The molecule has 3 rings (SSSR count). The van der Waals surface area contributed by atoms with E-state index in [1.54, 1.807) is 0 Å². The molecule has 0 amide bonds. The molecule has 0 aromatic heterocycles. The van der Waals surface area contributed by atoms with Gasteiger partial charge in [0.2, 0.25) is 0 Å². The van der Waals surface area contributed by atoms with Gasteiger partial charge in [-0.1, -0.05) is 0 Å². The van der Waals surface area contributed by atoms with E-state index < -0.39 is 18.2 Å². The maximum Gasteiger partial charge on any atom is 0.190 e. The Balaban J connectivity index is 1.76. The second-order valence-electron chi connectivity index (χ2n) is 4.51. The number of fused-ring (bicyclic) bond motifs is 3. The summed E-state index contributed by atoms with van der Waals surface area (Å²) in [7, 11) is 0. The van der Waals surface area contributed by atoms with Crippen molar-refractivity contribution in [1.29, 1.82) is 0 Å². The molecule has 0 aromatic rings. The van der Waals surface area contributed by atoms with Gasteiger partial charge in [0.15, 0.2) is 12.1 Å². The third kappa shape index (κ3) is 1.41. The molecule has 3 aliphatic heterocycles. The lowest BCUT2D eigenvalue weighted by atomic mass is 10.1. The van der Waals surface area contributed by atoms with E-state index >= 15 is 0 Å². The SMILES string of the molecule is CC1(C)OC2O[C@H]3[C@H](OC[C@H]3OO)[C@H]2O1. The summed E-state index contributed by atoms with van der Waals surface area (Å²) in [6, 6.07) is 0. The molecule has 6 heteroatoms. The van der Waals surface area contributed by atoms with Crippen LogP contribution in [0.15, 0.2) is 0 Å². The lowest BCUT2D eigenvalue weighted by molar-refractivity contribution is -0.301. The Hall–Kier alpha value is -0.240. The zero-order valence-corrected chi connectivity index (χ0v) is 8.58. The predicted molar refractivity (Wildman–Crippen MR) is 45.9 cm³/mol. The lowest BCUT2D eigenvalue weighted by Gasteiger charge is -2.21. The van der Waals surface area contributed by atoms with Crippen LogP contribution in [0, 0.1) is 0 Å². The fraction of sp³-hybridized carbons (Fsp3) is 1.00. The monoisotopic (exact) mass is 218 g/mol. The molecule has 0 spiro atoms.